The molecule has 1 aromatic heterocycles. The van der Waals surface area contributed by atoms with Crippen LogP contribution in [-0.2, 0) is 4.79 Å². The second kappa shape index (κ2) is 8.24. The first-order valence-electron chi connectivity index (χ1n) is 7.59. The number of halogens is 2. The van der Waals surface area contributed by atoms with Crippen LogP contribution in [0.4, 0.5) is 4.39 Å². The average Bonchev–Trinajstić information content (AvgIpc) is 3.11. The number of methoxy groups -OCH3 is 1. The molecular weight excluding hydrogens is 393 g/mol. The summed E-state index contributed by atoms with van der Waals surface area (Å²) in [5.74, 6) is -0.898. The standard InChI is InChI=1S/C18H13ClFN3O3S/c1-26-14-7-4-11(19)9-13(14)16-21-18(23-22-16)27-15(17(24)25)8-10-2-5-12(20)6-3-10/h2-9H,1H3,(H,24,25)(H,21,22,23)/p-1/b15-8-. The maximum Gasteiger partial charge on any atom is 0.213 e. The topological polar surface area (TPSA) is 90.9 Å². The van der Waals surface area contributed by atoms with Gasteiger partial charge in [-0.25, -0.2) is 9.37 Å². The lowest BCUT2D eigenvalue weighted by molar-refractivity contribution is -0.297. The van der Waals surface area contributed by atoms with E-state index in [0.29, 0.717) is 27.7 Å². The number of H-pyrrole nitrogens is 1. The summed E-state index contributed by atoms with van der Waals surface area (Å²) in [7, 11) is 1.51. The minimum Gasteiger partial charge on any atom is -0.544 e. The number of ether oxygens (including phenoxy) is 1. The van der Waals surface area contributed by atoms with E-state index in [4.69, 9.17) is 16.3 Å². The fourth-order valence-electron chi connectivity index (χ4n) is 2.22. The summed E-state index contributed by atoms with van der Waals surface area (Å²) in [6.45, 7) is 0. The van der Waals surface area contributed by atoms with Crippen LogP contribution in [0, 0.1) is 5.82 Å². The Bertz CT molecular complexity index is 1010. The molecule has 0 aliphatic heterocycles. The van der Waals surface area contributed by atoms with Crippen molar-refractivity contribution in [3.8, 4) is 17.1 Å². The number of carboxylic acid groups (broad SMARTS) is 1. The summed E-state index contributed by atoms with van der Waals surface area (Å²) in [4.78, 5) is 15.6. The van der Waals surface area contributed by atoms with Crippen molar-refractivity contribution < 1.29 is 19.0 Å². The summed E-state index contributed by atoms with van der Waals surface area (Å²) in [5, 5.41) is 18.8. The highest BCUT2D eigenvalue weighted by atomic mass is 35.5. The zero-order chi connectivity index (χ0) is 19.4. The van der Waals surface area contributed by atoms with E-state index < -0.39 is 11.8 Å². The fraction of sp³-hybridized carbons (Fsp3) is 0.0556. The van der Waals surface area contributed by atoms with Crippen molar-refractivity contribution in [2.45, 2.75) is 5.16 Å². The predicted molar refractivity (Wildman–Crippen MR) is 98.6 cm³/mol. The Morgan fingerprint density at radius 3 is 2.70 bits per heavy atom. The van der Waals surface area contributed by atoms with E-state index in [1.54, 1.807) is 18.2 Å². The molecule has 0 amide bonds. The number of rotatable bonds is 6. The maximum absolute atomic E-state index is 13.0. The molecule has 0 aliphatic rings. The summed E-state index contributed by atoms with van der Waals surface area (Å²) in [6.07, 6.45) is 1.36. The van der Waals surface area contributed by atoms with E-state index >= 15 is 0 Å². The molecule has 6 nitrogen and oxygen atoms in total. The van der Waals surface area contributed by atoms with Gasteiger partial charge in [-0.1, -0.05) is 23.7 Å². The van der Waals surface area contributed by atoms with Crippen molar-refractivity contribution >= 4 is 35.4 Å². The highest BCUT2D eigenvalue weighted by Crippen LogP contribution is 2.32. The third-order valence-corrected chi connectivity index (χ3v) is 4.56. The first-order chi connectivity index (χ1) is 13.0. The number of carbonyl (C=O) groups excluding carboxylic acids is 1. The van der Waals surface area contributed by atoms with Crippen LogP contribution in [0.25, 0.3) is 17.5 Å². The Morgan fingerprint density at radius 1 is 1.30 bits per heavy atom. The smallest absolute Gasteiger partial charge is 0.213 e. The predicted octanol–water partition coefficient (Wildman–Crippen LogP) is 3.16. The number of thioether (sulfide) groups is 1. The van der Waals surface area contributed by atoms with Crippen LogP contribution >= 0.6 is 23.4 Å². The molecule has 0 saturated heterocycles. The average molecular weight is 405 g/mol. The second-order valence-corrected chi connectivity index (χ2v) is 6.71. The van der Waals surface area contributed by atoms with Gasteiger partial charge in [0.05, 0.1) is 18.6 Å². The SMILES string of the molecule is COc1ccc(Cl)cc1-c1nc(S/C(=C\c2ccc(F)cc2)C(=O)[O-])n[nH]1. The van der Waals surface area contributed by atoms with E-state index in [9.17, 15) is 14.3 Å². The van der Waals surface area contributed by atoms with Crippen LogP contribution in [-0.4, -0.2) is 28.3 Å². The number of nitrogens with zero attached hydrogens (tertiary/aromatic N) is 2. The molecule has 0 bridgehead atoms. The summed E-state index contributed by atoms with van der Waals surface area (Å²) in [5.41, 5.74) is 1.09. The van der Waals surface area contributed by atoms with Crippen LogP contribution in [0.3, 0.4) is 0 Å². The number of hydrogen-bond acceptors (Lipinski definition) is 6. The summed E-state index contributed by atoms with van der Waals surface area (Å²) >= 11 is 6.82. The molecule has 1 N–H and O–H groups in total. The van der Waals surface area contributed by atoms with Crippen molar-refractivity contribution in [3.63, 3.8) is 0 Å². The van der Waals surface area contributed by atoms with Gasteiger partial charge < -0.3 is 14.6 Å². The molecule has 2 aromatic carbocycles. The normalized spacial score (nSPS) is 11.4. The third-order valence-electron chi connectivity index (χ3n) is 3.45. The van der Waals surface area contributed by atoms with E-state index in [1.165, 1.54) is 37.5 Å². The molecule has 0 saturated carbocycles. The van der Waals surface area contributed by atoms with Gasteiger partial charge in [0, 0.05) is 9.93 Å². The van der Waals surface area contributed by atoms with Gasteiger partial charge in [-0.3, -0.25) is 5.10 Å². The third kappa shape index (κ3) is 4.66. The Balaban J connectivity index is 1.88. The molecule has 3 rings (SSSR count). The van der Waals surface area contributed by atoms with E-state index in [2.05, 4.69) is 15.2 Å². The van der Waals surface area contributed by atoms with Gasteiger partial charge in [0.15, 0.2) is 5.82 Å². The lowest BCUT2D eigenvalue weighted by Crippen LogP contribution is -2.23. The van der Waals surface area contributed by atoms with Crippen molar-refractivity contribution in [1.29, 1.82) is 0 Å². The number of aromatic amines is 1. The molecule has 9 heteroatoms. The fourth-order valence-corrected chi connectivity index (χ4v) is 3.09. The maximum atomic E-state index is 13.0. The first kappa shape index (κ1) is 18.9. The lowest BCUT2D eigenvalue weighted by Gasteiger charge is -2.06. The molecule has 138 valence electrons. The van der Waals surface area contributed by atoms with Crippen LogP contribution in [0.15, 0.2) is 52.5 Å². The first-order valence-corrected chi connectivity index (χ1v) is 8.78. The van der Waals surface area contributed by atoms with Crippen molar-refractivity contribution in [2.24, 2.45) is 0 Å². The molecule has 0 fully saturated rings. The van der Waals surface area contributed by atoms with E-state index in [1.807, 2.05) is 0 Å². The Kier molecular flexibility index (Phi) is 5.78. The van der Waals surface area contributed by atoms with E-state index in [0.717, 1.165) is 11.8 Å². The molecule has 0 radical (unpaired) electrons. The highest BCUT2D eigenvalue weighted by Gasteiger charge is 2.14. The molecule has 0 aliphatic carbocycles. The highest BCUT2D eigenvalue weighted by molar-refractivity contribution is 8.04. The number of aromatic nitrogens is 3. The molecule has 0 atom stereocenters. The Morgan fingerprint density at radius 2 is 2.04 bits per heavy atom. The van der Waals surface area contributed by atoms with Gasteiger partial charge in [0.2, 0.25) is 5.16 Å². The molecule has 27 heavy (non-hydrogen) atoms. The molecular formula is C18H12ClFN3O3S-. The van der Waals surface area contributed by atoms with Gasteiger partial charge in [-0.05, 0) is 53.7 Å². The number of carbonyl (C=O) groups is 1. The van der Waals surface area contributed by atoms with Gasteiger partial charge in [-0.15, -0.1) is 5.10 Å². The second-order valence-electron chi connectivity index (χ2n) is 5.26. The number of carboxylic acids is 1. The summed E-state index contributed by atoms with van der Waals surface area (Å²) < 4.78 is 18.3. The summed E-state index contributed by atoms with van der Waals surface area (Å²) in [6, 6.07) is 10.4. The molecule has 0 unspecified atom stereocenters. The van der Waals surface area contributed by atoms with Gasteiger partial charge >= 0.3 is 0 Å². The van der Waals surface area contributed by atoms with Crippen LogP contribution in [0.5, 0.6) is 5.75 Å². The van der Waals surface area contributed by atoms with E-state index in [-0.39, 0.29) is 10.1 Å². The minimum absolute atomic E-state index is 0.120. The lowest BCUT2D eigenvalue weighted by atomic mass is 10.2. The molecule has 3 aromatic rings. The number of benzene rings is 2. The van der Waals surface area contributed by atoms with Crippen molar-refractivity contribution in [3.05, 3.63) is 63.8 Å². The zero-order valence-electron chi connectivity index (χ0n) is 13.9. The van der Waals surface area contributed by atoms with Crippen LogP contribution in [0.2, 0.25) is 5.02 Å². The van der Waals surface area contributed by atoms with Gasteiger partial charge in [0.1, 0.15) is 11.6 Å². The zero-order valence-corrected chi connectivity index (χ0v) is 15.5. The van der Waals surface area contributed by atoms with Gasteiger partial charge in [-0.2, -0.15) is 0 Å². The molecule has 0 spiro atoms. The van der Waals surface area contributed by atoms with Crippen molar-refractivity contribution in [1.82, 2.24) is 15.2 Å². The number of hydrogen-bond donors (Lipinski definition) is 1. The Hall–Kier alpha value is -2.84. The van der Waals surface area contributed by atoms with Crippen molar-refractivity contribution in [2.75, 3.05) is 7.11 Å². The molecule has 1 heterocycles. The quantitative estimate of drug-likeness (QED) is 0.501. The van der Waals surface area contributed by atoms with Gasteiger partial charge in [0.25, 0.3) is 0 Å². The Labute approximate surface area is 163 Å². The largest absolute Gasteiger partial charge is 0.544 e. The monoisotopic (exact) mass is 404 g/mol. The number of nitrogens with one attached hydrogen (secondary N) is 1. The van der Waals surface area contributed by atoms with Crippen LogP contribution in [0.1, 0.15) is 5.56 Å². The number of aliphatic carboxylic acids is 1. The minimum atomic E-state index is -1.39. The van der Waals surface area contributed by atoms with Crippen LogP contribution < -0.4 is 9.84 Å².